The van der Waals surface area contributed by atoms with Crippen molar-refractivity contribution in [3.63, 3.8) is 0 Å². The maximum atomic E-state index is 12.4. The zero-order valence-electron chi connectivity index (χ0n) is 12.5. The molecule has 0 saturated heterocycles. The fourth-order valence-electron chi connectivity index (χ4n) is 3.49. The summed E-state index contributed by atoms with van der Waals surface area (Å²) in [6, 6.07) is 0. The van der Waals surface area contributed by atoms with Gasteiger partial charge >= 0.3 is 15.6 Å². The van der Waals surface area contributed by atoms with Crippen LogP contribution in [0.1, 0.15) is 37.4 Å². The van der Waals surface area contributed by atoms with Gasteiger partial charge in [0, 0.05) is 18.2 Å². The normalized spacial score (nSPS) is 32.5. The van der Waals surface area contributed by atoms with Crippen molar-refractivity contribution in [1.29, 1.82) is 0 Å². The van der Waals surface area contributed by atoms with E-state index in [2.05, 4.69) is 9.28 Å². The van der Waals surface area contributed by atoms with Crippen molar-refractivity contribution in [3.8, 4) is 0 Å². The summed E-state index contributed by atoms with van der Waals surface area (Å²) >= 11 is 0. The summed E-state index contributed by atoms with van der Waals surface area (Å²) < 4.78 is 71.0. The zero-order chi connectivity index (χ0) is 17.2. The summed E-state index contributed by atoms with van der Waals surface area (Å²) in [5.41, 5.74) is -4.68. The molecule has 3 saturated carbocycles. The average molecular weight is 364 g/mol. The molecule has 4 aliphatic rings. The molecule has 2 bridgehead atoms. The molecule has 0 aromatic carbocycles. The first kappa shape index (κ1) is 15.9. The Kier molecular flexibility index (Phi) is 3.31. The zero-order valence-corrected chi connectivity index (χ0v) is 13.3. The second-order valence-electron chi connectivity index (χ2n) is 6.58. The predicted molar refractivity (Wildman–Crippen MR) is 75.0 cm³/mol. The van der Waals surface area contributed by atoms with Gasteiger partial charge in [0.05, 0.1) is 18.3 Å². The highest BCUT2D eigenvalue weighted by atomic mass is 32.2. The second-order valence-corrected chi connectivity index (χ2v) is 8.12. The van der Waals surface area contributed by atoms with Crippen molar-refractivity contribution < 1.29 is 30.5 Å². The van der Waals surface area contributed by atoms with E-state index < -0.39 is 21.7 Å². The van der Waals surface area contributed by atoms with E-state index in [1.165, 1.54) is 6.08 Å². The Labute approximate surface area is 136 Å². The summed E-state index contributed by atoms with van der Waals surface area (Å²) in [6.45, 7) is 0.0717. The molecule has 1 aliphatic heterocycles. The molecule has 1 aromatic rings. The minimum atomic E-state index is -5.65. The van der Waals surface area contributed by atoms with Crippen LogP contribution in [0.5, 0.6) is 0 Å². The number of nitrogens with zero attached hydrogens (tertiary/aromatic N) is 2. The van der Waals surface area contributed by atoms with Gasteiger partial charge in [0.15, 0.2) is 0 Å². The van der Waals surface area contributed by atoms with Crippen LogP contribution in [0, 0.1) is 5.92 Å². The van der Waals surface area contributed by atoms with Gasteiger partial charge in [-0.15, -0.1) is 0 Å². The number of alkyl halides is 3. The molecule has 0 amide bonds. The van der Waals surface area contributed by atoms with Crippen LogP contribution in [0.25, 0.3) is 0 Å². The molecule has 10 heteroatoms. The third-order valence-corrected chi connectivity index (χ3v) is 5.91. The van der Waals surface area contributed by atoms with E-state index >= 15 is 0 Å². The molecule has 3 fully saturated rings. The smallest absolute Gasteiger partial charge is 0.381 e. The molecule has 1 aromatic heterocycles. The third kappa shape index (κ3) is 2.43. The van der Waals surface area contributed by atoms with Gasteiger partial charge < -0.3 is 8.92 Å². The molecule has 1 unspecified atom stereocenters. The van der Waals surface area contributed by atoms with Gasteiger partial charge in [0.2, 0.25) is 0 Å². The summed E-state index contributed by atoms with van der Waals surface area (Å²) in [5.74, 6) is 0.526. The van der Waals surface area contributed by atoms with Crippen LogP contribution < -0.4 is 0 Å². The molecule has 2 heterocycles. The molecule has 0 spiro atoms. The second kappa shape index (κ2) is 4.98. The van der Waals surface area contributed by atoms with Crippen molar-refractivity contribution in [1.82, 2.24) is 9.78 Å². The Bertz CT molecular complexity index is 782. The van der Waals surface area contributed by atoms with Gasteiger partial charge in [-0.2, -0.15) is 26.7 Å². The van der Waals surface area contributed by atoms with E-state index in [4.69, 9.17) is 4.74 Å². The molecule has 1 atom stereocenters. The Hall–Kier alpha value is -1.55. The van der Waals surface area contributed by atoms with Gasteiger partial charge in [-0.25, -0.2) is 0 Å². The van der Waals surface area contributed by atoms with Crippen molar-refractivity contribution in [2.45, 2.75) is 42.8 Å². The van der Waals surface area contributed by atoms with Crippen LogP contribution in [0.15, 0.2) is 24.2 Å². The fraction of sp³-hybridized carbons (Fsp3) is 0.643. The van der Waals surface area contributed by atoms with E-state index in [-0.39, 0.29) is 24.3 Å². The topological polar surface area (TPSA) is 70.4 Å². The highest BCUT2D eigenvalue weighted by molar-refractivity contribution is 7.87. The number of halogens is 3. The van der Waals surface area contributed by atoms with Gasteiger partial charge in [-0.05, 0) is 31.3 Å². The number of hydrogen-bond donors (Lipinski definition) is 0. The Morgan fingerprint density at radius 2 is 2.04 bits per heavy atom. The van der Waals surface area contributed by atoms with Gasteiger partial charge in [0.1, 0.15) is 11.9 Å². The quantitative estimate of drug-likeness (QED) is 0.607. The average Bonchev–Trinajstić information content (AvgIpc) is 2.83. The molecule has 0 radical (unpaired) electrons. The number of aromatic nitrogens is 2. The summed E-state index contributed by atoms with van der Waals surface area (Å²) in [4.78, 5) is 0. The van der Waals surface area contributed by atoms with Gasteiger partial charge in [0.25, 0.3) is 0 Å². The molecule has 24 heavy (non-hydrogen) atoms. The third-order valence-electron chi connectivity index (χ3n) is 4.91. The Balaban J connectivity index is 1.52. The van der Waals surface area contributed by atoms with Crippen molar-refractivity contribution in [3.05, 3.63) is 29.8 Å². The maximum Gasteiger partial charge on any atom is 0.534 e. The molecule has 0 N–H and O–H groups in total. The molecule has 5 rings (SSSR count). The highest BCUT2D eigenvalue weighted by Gasteiger charge is 2.58. The van der Waals surface area contributed by atoms with Gasteiger partial charge in [-0.3, -0.25) is 4.68 Å². The van der Waals surface area contributed by atoms with Crippen LogP contribution in [0.2, 0.25) is 0 Å². The summed E-state index contributed by atoms with van der Waals surface area (Å²) in [7, 11) is -5.65. The maximum absolute atomic E-state index is 12.4. The molecule has 6 nitrogen and oxygen atoms in total. The number of hydrogen-bond acceptors (Lipinski definition) is 5. The van der Waals surface area contributed by atoms with E-state index in [1.807, 2.05) is 10.9 Å². The first-order chi connectivity index (χ1) is 11.2. The lowest BCUT2D eigenvalue weighted by Crippen LogP contribution is -2.59. The van der Waals surface area contributed by atoms with Gasteiger partial charge in [-0.1, -0.05) is 0 Å². The first-order valence-corrected chi connectivity index (χ1v) is 8.97. The summed E-state index contributed by atoms with van der Waals surface area (Å²) in [6.07, 6.45) is 7.29. The van der Waals surface area contributed by atoms with E-state index in [0.29, 0.717) is 5.56 Å². The lowest BCUT2D eigenvalue weighted by Gasteiger charge is -2.61. The highest BCUT2D eigenvalue weighted by Crippen LogP contribution is 2.62. The van der Waals surface area contributed by atoms with Crippen molar-refractivity contribution in [2.75, 3.05) is 6.61 Å². The minimum Gasteiger partial charge on any atom is -0.381 e. The van der Waals surface area contributed by atoms with Crippen LogP contribution in [-0.2, 0) is 24.6 Å². The first-order valence-electron chi connectivity index (χ1n) is 7.57. The van der Waals surface area contributed by atoms with Crippen LogP contribution in [0.4, 0.5) is 13.2 Å². The van der Waals surface area contributed by atoms with E-state index in [0.717, 1.165) is 25.2 Å². The largest absolute Gasteiger partial charge is 0.534 e. The predicted octanol–water partition coefficient (Wildman–Crippen LogP) is 2.60. The molecule has 3 aliphatic carbocycles. The summed E-state index contributed by atoms with van der Waals surface area (Å²) in [5, 5.41) is 4.33. The van der Waals surface area contributed by atoms with Crippen molar-refractivity contribution >= 4 is 10.1 Å². The van der Waals surface area contributed by atoms with E-state index in [9.17, 15) is 21.6 Å². The molecule has 132 valence electrons. The monoisotopic (exact) mass is 364 g/mol. The minimum absolute atomic E-state index is 0.0361. The standard InChI is InChI=1S/C14H15F3N2O4S/c15-14(16,17)24(20,21)23-11-1-2-22-12(3-11)10-7-18-19(8-10)13-4-9(5-13)6-13/h3,7-9,12H,1-2,4-6H2. The fourth-order valence-corrected chi connectivity index (χ4v) is 4.01. The lowest BCUT2D eigenvalue weighted by molar-refractivity contribution is -0.0979. The van der Waals surface area contributed by atoms with Crippen LogP contribution >= 0.6 is 0 Å². The SMILES string of the molecule is O=S(=O)(OC1=CC(c2cnn(C34CC(C3)C4)c2)OCC1)C(F)(F)F. The Morgan fingerprint density at radius 1 is 1.33 bits per heavy atom. The number of ether oxygens (including phenoxy) is 1. The number of rotatable bonds is 4. The van der Waals surface area contributed by atoms with Crippen LogP contribution in [-0.4, -0.2) is 30.3 Å². The van der Waals surface area contributed by atoms with Crippen LogP contribution in [0.3, 0.4) is 0 Å². The lowest BCUT2D eigenvalue weighted by atomic mass is 9.50. The Morgan fingerprint density at radius 3 is 2.62 bits per heavy atom. The molecular weight excluding hydrogens is 349 g/mol. The van der Waals surface area contributed by atoms with E-state index in [1.54, 1.807) is 6.20 Å². The van der Waals surface area contributed by atoms with Crippen molar-refractivity contribution in [2.24, 2.45) is 5.92 Å². The molecular formula is C14H15F3N2O4S.